The zero-order chi connectivity index (χ0) is 26.7. The minimum absolute atomic E-state index is 0.0408. The number of benzene rings is 3. The van der Waals surface area contributed by atoms with Crippen LogP contribution in [0, 0.1) is 6.92 Å². The Kier molecular flexibility index (Phi) is 7.63. The summed E-state index contributed by atoms with van der Waals surface area (Å²) in [5, 5.41) is 11.3. The largest absolute Gasteiger partial charge is 0.674 e. The van der Waals surface area contributed by atoms with E-state index in [0.29, 0.717) is 23.7 Å². The van der Waals surface area contributed by atoms with Crippen molar-refractivity contribution < 1.29 is 36.2 Å². The summed E-state index contributed by atoms with van der Waals surface area (Å²) in [6, 6.07) is 14.8. The van der Waals surface area contributed by atoms with Gasteiger partial charge in [0.2, 0.25) is 0 Å². The lowest BCUT2D eigenvalue weighted by atomic mass is 9.99. The number of nitrogens with one attached hydrogen (secondary N) is 1. The number of aryl methyl sites for hydroxylation is 1. The van der Waals surface area contributed by atoms with E-state index in [1.54, 1.807) is 6.92 Å². The topological polar surface area (TPSA) is 86.9 Å². The summed E-state index contributed by atoms with van der Waals surface area (Å²) >= 11 is 0. The van der Waals surface area contributed by atoms with Crippen LogP contribution in [0.15, 0.2) is 66.9 Å². The third-order valence-electron chi connectivity index (χ3n) is 5.04. The average molecular weight is 506 g/mol. The number of fused-ring (bicyclic) bond motifs is 1. The van der Waals surface area contributed by atoms with Crippen LogP contribution >= 0.6 is 0 Å². The predicted octanol–water partition coefficient (Wildman–Crippen LogP) is 7.58. The Bertz CT molecular complexity index is 1360. The van der Waals surface area contributed by atoms with Crippen molar-refractivity contribution in [3.05, 3.63) is 101 Å². The van der Waals surface area contributed by atoms with E-state index in [0.717, 1.165) is 16.3 Å². The van der Waals surface area contributed by atoms with Crippen molar-refractivity contribution in [3.63, 3.8) is 0 Å². The van der Waals surface area contributed by atoms with Gasteiger partial charge in [-0.1, -0.05) is 48.0 Å². The molecule has 1 aromatic heterocycles. The lowest BCUT2D eigenvalue weighted by Crippen LogP contribution is -2.11. The summed E-state index contributed by atoms with van der Waals surface area (Å²) < 4.78 is 73.5. The highest BCUT2D eigenvalue weighted by Crippen LogP contribution is 2.36. The van der Waals surface area contributed by atoms with E-state index < -0.39 is 36.0 Å². The molecule has 0 aliphatic carbocycles. The second-order valence-corrected chi connectivity index (χ2v) is 7.60. The second kappa shape index (κ2) is 10.3. The van der Waals surface area contributed by atoms with Gasteiger partial charge in [-0.05, 0) is 35.9 Å². The smallest absolute Gasteiger partial charge is 0.416 e. The molecule has 0 spiro atoms. The molecule has 0 fully saturated rings. The standard InChI is InChI=1S/C16H12N2O2.C9H6F6N/c1-10-17-9-14(16(19)20)15(18-10)13-8-4-6-11-5-2-3-7-12(11)13;10-8(11,12)6-1-5(4-16)2-7(3-6)9(13,14)15/h2-9H,1H3,(H,19,20);1-3,16H,4H2/q;-1. The van der Waals surface area contributed by atoms with Gasteiger partial charge >= 0.3 is 18.3 Å². The third kappa shape index (κ3) is 6.16. The number of alkyl halides is 6. The van der Waals surface area contributed by atoms with E-state index in [9.17, 15) is 36.2 Å². The summed E-state index contributed by atoms with van der Waals surface area (Å²) in [4.78, 5) is 19.7. The maximum Gasteiger partial charge on any atom is 0.416 e. The Morgan fingerprint density at radius 1 is 0.917 bits per heavy atom. The van der Waals surface area contributed by atoms with E-state index >= 15 is 0 Å². The van der Waals surface area contributed by atoms with Gasteiger partial charge in [0.25, 0.3) is 0 Å². The molecule has 1 heterocycles. The second-order valence-electron chi connectivity index (χ2n) is 7.60. The normalized spacial score (nSPS) is 11.7. The number of aromatic nitrogens is 2. The van der Waals surface area contributed by atoms with Crippen LogP contribution < -0.4 is 0 Å². The molecule has 188 valence electrons. The van der Waals surface area contributed by atoms with Gasteiger partial charge in [-0.15, -0.1) is 6.54 Å². The molecule has 11 heteroatoms. The number of carbonyl (C=O) groups is 1. The highest BCUT2D eigenvalue weighted by molar-refractivity contribution is 6.02. The summed E-state index contributed by atoms with van der Waals surface area (Å²) in [6.45, 7) is 1.12. The van der Waals surface area contributed by atoms with Crippen LogP contribution in [-0.4, -0.2) is 21.0 Å². The highest BCUT2D eigenvalue weighted by Gasteiger charge is 2.36. The summed E-state index contributed by atoms with van der Waals surface area (Å²) in [5.74, 6) is -0.467. The Labute approximate surface area is 201 Å². The van der Waals surface area contributed by atoms with E-state index in [2.05, 4.69) is 9.97 Å². The number of carboxylic acids is 1. The predicted molar refractivity (Wildman–Crippen MR) is 121 cm³/mol. The van der Waals surface area contributed by atoms with Gasteiger partial charge in [-0.2, -0.15) is 26.3 Å². The number of aromatic carboxylic acids is 1. The minimum atomic E-state index is -4.84. The fraction of sp³-hybridized carbons (Fsp3) is 0.160. The summed E-state index contributed by atoms with van der Waals surface area (Å²) in [5.41, 5.74) is 5.11. The van der Waals surface area contributed by atoms with Crippen molar-refractivity contribution in [1.82, 2.24) is 9.97 Å². The SMILES string of the molecule is Cc1ncc(C(=O)O)c(-c2cccc3ccccc23)n1.[NH-]Cc1cc(C(F)(F)F)cc(C(F)(F)F)c1. The van der Waals surface area contributed by atoms with Crippen LogP contribution in [0.3, 0.4) is 0 Å². The van der Waals surface area contributed by atoms with Crippen LogP contribution in [0.4, 0.5) is 26.3 Å². The van der Waals surface area contributed by atoms with Gasteiger partial charge < -0.3 is 10.8 Å². The van der Waals surface area contributed by atoms with E-state index in [-0.39, 0.29) is 17.2 Å². The average Bonchev–Trinajstić information content (AvgIpc) is 2.82. The number of halogens is 6. The van der Waals surface area contributed by atoms with Crippen molar-refractivity contribution >= 4 is 16.7 Å². The zero-order valence-corrected chi connectivity index (χ0v) is 18.6. The Morgan fingerprint density at radius 3 is 2.06 bits per heavy atom. The fourth-order valence-electron chi connectivity index (χ4n) is 3.39. The maximum absolute atomic E-state index is 12.2. The fourth-order valence-corrected chi connectivity index (χ4v) is 3.39. The van der Waals surface area contributed by atoms with Gasteiger partial charge in [0, 0.05) is 11.8 Å². The number of carboxylic acid groups (broad SMARTS) is 1. The third-order valence-corrected chi connectivity index (χ3v) is 5.04. The quantitative estimate of drug-likeness (QED) is 0.290. The van der Waals surface area contributed by atoms with Crippen molar-refractivity contribution in [2.45, 2.75) is 25.8 Å². The van der Waals surface area contributed by atoms with Crippen LogP contribution in [0.25, 0.3) is 27.8 Å². The maximum atomic E-state index is 12.2. The van der Waals surface area contributed by atoms with Crippen molar-refractivity contribution in [2.24, 2.45) is 0 Å². The molecule has 0 saturated carbocycles. The summed E-state index contributed by atoms with van der Waals surface area (Å²) in [6.07, 6.45) is -8.32. The monoisotopic (exact) mass is 506 g/mol. The molecular weight excluding hydrogens is 488 g/mol. The molecule has 36 heavy (non-hydrogen) atoms. The molecule has 4 rings (SSSR count). The Morgan fingerprint density at radius 2 is 1.50 bits per heavy atom. The highest BCUT2D eigenvalue weighted by atomic mass is 19.4. The molecule has 5 nitrogen and oxygen atoms in total. The molecule has 3 aromatic carbocycles. The Balaban J connectivity index is 0.000000207. The first-order valence-electron chi connectivity index (χ1n) is 10.3. The van der Waals surface area contributed by atoms with Crippen LogP contribution in [0.1, 0.15) is 32.9 Å². The van der Waals surface area contributed by atoms with Gasteiger partial charge in [0.05, 0.1) is 16.8 Å². The van der Waals surface area contributed by atoms with Gasteiger partial charge in [0.15, 0.2) is 0 Å². The molecule has 0 saturated heterocycles. The van der Waals surface area contributed by atoms with Crippen LogP contribution in [0.2, 0.25) is 0 Å². The van der Waals surface area contributed by atoms with Gasteiger partial charge in [-0.3, -0.25) is 0 Å². The molecule has 0 bridgehead atoms. The number of rotatable bonds is 3. The molecule has 0 aliphatic rings. The molecule has 0 unspecified atom stereocenters. The molecule has 2 N–H and O–H groups in total. The lowest BCUT2D eigenvalue weighted by molar-refractivity contribution is -0.143. The van der Waals surface area contributed by atoms with Gasteiger partial charge in [0.1, 0.15) is 11.4 Å². The Hall–Kier alpha value is -3.99. The van der Waals surface area contributed by atoms with Crippen molar-refractivity contribution in [2.75, 3.05) is 0 Å². The van der Waals surface area contributed by atoms with E-state index in [1.807, 2.05) is 42.5 Å². The molecule has 0 amide bonds. The van der Waals surface area contributed by atoms with Gasteiger partial charge in [-0.25, -0.2) is 14.8 Å². The number of hydrogen-bond acceptors (Lipinski definition) is 3. The summed E-state index contributed by atoms with van der Waals surface area (Å²) in [7, 11) is 0. The van der Waals surface area contributed by atoms with Crippen LogP contribution in [0.5, 0.6) is 0 Å². The molecule has 0 radical (unpaired) electrons. The minimum Gasteiger partial charge on any atom is -0.674 e. The molecule has 4 aromatic rings. The van der Waals surface area contributed by atoms with E-state index in [4.69, 9.17) is 5.73 Å². The van der Waals surface area contributed by atoms with Crippen molar-refractivity contribution in [1.29, 1.82) is 0 Å². The first-order valence-corrected chi connectivity index (χ1v) is 10.3. The number of nitrogens with zero attached hydrogens (tertiary/aromatic N) is 2. The van der Waals surface area contributed by atoms with E-state index in [1.165, 1.54) is 6.20 Å². The first kappa shape index (κ1) is 26.6. The van der Waals surface area contributed by atoms with Crippen LogP contribution in [-0.2, 0) is 18.9 Å². The molecular formula is C25H18F6N3O2-. The number of hydrogen-bond donors (Lipinski definition) is 1. The zero-order valence-electron chi connectivity index (χ0n) is 18.6. The van der Waals surface area contributed by atoms with Crippen molar-refractivity contribution in [3.8, 4) is 11.3 Å². The lowest BCUT2D eigenvalue weighted by Gasteiger charge is -2.14. The first-order chi connectivity index (χ1) is 16.8. The molecule has 0 atom stereocenters. The molecule has 0 aliphatic heterocycles.